The fourth-order valence-corrected chi connectivity index (χ4v) is 7.61. The lowest BCUT2D eigenvalue weighted by atomic mass is 9.88. The van der Waals surface area contributed by atoms with Gasteiger partial charge in [-0.3, -0.25) is 0 Å². The van der Waals surface area contributed by atoms with Gasteiger partial charge in [-0.15, -0.1) is 0 Å². The molecular weight excluding hydrogens is 637 g/mol. The monoisotopic (exact) mass is 660 g/mol. The highest BCUT2D eigenvalue weighted by Gasteiger charge is 2.21. The smallest absolute Gasteiger partial charge is 0.0998 e. The quantitative estimate of drug-likeness (QED) is 0.187. The van der Waals surface area contributed by atoms with Crippen LogP contribution in [0.2, 0.25) is 0 Å². The van der Waals surface area contributed by atoms with Crippen LogP contribution < -0.4 is 0 Å². The molecule has 6 nitrogen and oxygen atoms in total. The molecule has 0 amide bonds. The van der Waals surface area contributed by atoms with E-state index in [0.717, 1.165) is 66.5 Å². The van der Waals surface area contributed by atoms with Crippen LogP contribution in [0, 0.1) is 45.3 Å². The molecule has 0 atom stereocenters. The van der Waals surface area contributed by atoms with E-state index in [2.05, 4.69) is 81.9 Å². The van der Waals surface area contributed by atoms with Crippen molar-refractivity contribution in [3.05, 3.63) is 168 Å². The second kappa shape index (κ2) is 11.9. The van der Waals surface area contributed by atoms with Gasteiger partial charge in [-0.1, -0.05) is 66.7 Å². The molecule has 0 saturated heterocycles. The van der Waals surface area contributed by atoms with Crippen LogP contribution in [-0.4, -0.2) is 9.13 Å². The van der Waals surface area contributed by atoms with Gasteiger partial charge >= 0.3 is 0 Å². The largest absolute Gasteiger partial charge is 0.309 e. The molecule has 0 aliphatic heterocycles. The van der Waals surface area contributed by atoms with Crippen molar-refractivity contribution in [3.8, 4) is 57.9 Å². The lowest BCUT2D eigenvalue weighted by Crippen LogP contribution is -2.00. The van der Waals surface area contributed by atoms with Crippen molar-refractivity contribution in [2.45, 2.75) is 0 Å². The molecule has 0 aliphatic rings. The van der Waals surface area contributed by atoms with E-state index in [1.165, 1.54) is 10.8 Å². The average Bonchev–Trinajstić information content (AvgIpc) is 3.72. The van der Waals surface area contributed by atoms with Crippen molar-refractivity contribution in [3.63, 3.8) is 0 Å². The minimum Gasteiger partial charge on any atom is -0.309 e. The van der Waals surface area contributed by atoms with Crippen LogP contribution in [0.4, 0.5) is 0 Å². The summed E-state index contributed by atoms with van der Waals surface area (Å²) >= 11 is 0. The highest BCUT2D eigenvalue weighted by atomic mass is 15.0. The van der Waals surface area contributed by atoms with E-state index in [1.54, 1.807) is 18.2 Å². The molecule has 9 rings (SSSR count). The first kappa shape index (κ1) is 30.2. The van der Waals surface area contributed by atoms with E-state index in [0.29, 0.717) is 22.3 Å². The van der Waals surface area contributed by atoms with Gasteiger partial charge in [-0.25, -0.2) is 0 Å². The van der Waals surface area contributed by atoms with Gasteiger partial charge in [0, 0.05) is 38.4 Å². The van der Waals surface area contributed by atoms with E-state index in [9.17, 15) is 21.0 Å². The maximum absolute atomic E-state index is 10.5. The highest BCUT2D eigenvalue weighted by Crippen LogP contribution is 2.42. The number of fused-ring (bicyclic) bond motifs is 6. The summed E-state index contributed by atoms with van der Waals surface area (Å²) in [5.41, 5.74) is 10.7. The molecule has 7 aromatic carbocycles. The fourth-order valence-electron chi connectivity index (χ4n) is 7.61. The number of aromatic nitrogens is 2. The molecule has 0 fully saturated rings. The molecule has 0 spiro atoms. The number of para-hydroxylation sites is 3. The summed E-state index contributed by atoms with van der Waals surface area (Å²) in [6, 6.07) is 56.7. The van der Waals surface area contributed by atoms with Gasteiger partial charge in [0.2, 0.25) is 0 Å². The summed E-state index contributed by atoms with van der Waals surface area (Å²) in [5, 5.41) is 44.2. The number of hydrogen-bond donors (Lipinski definition) is 0. The minimum atomic E-state index is 0.381. The van der Waals surface area contributed by atoms with Gasteiger partial charge in [0.25, 0.3) is 0 Å². The van der Waals surface area contributed by atoms with Crippen molar-refractivity contribution >= 4 is 43.6 Å². The zero-order valence-corrected chi connectivity index (χ0v) is 27.5. The predicted octanol–water partition coefficient (Wildman–Crippen LogP) is 10.7. The first-order valence-corrected chi connectivity index (χ1v) is 16.7. The van der Waals surface area contributed by atoms with Gasteiger partial charge in [-0.05, 0) is 90.0 Å². The van der Waals surface area contributed by atoms with Crippen LogP contribution in [0.5, 0.6) is 0 Å². The number of hydrogen-bond acceptors (Lipinski definition) is 4. The molecule has 0 bridgehead atoms. The summed E-state index contributed by atoms with van der Waals surface area (Å²) < 4.78 is 4.38. The average molecular weight is 661 g/mol. The zero-order chi connectivity index (χ0) is 35.3. The Morgan fingerprint density at radius 1 is 0.385 bits per heavy atom. The molecule has 0 radical (unpaired) electrons. The lowest BCUT2D eigenvalue weighted by Gasteiger charge is -2.18. The van der Waals surface area contributed by atoms with Crippen molar-refractivity contribution in [1.82, 2.24) is 9.13 Å². The molecule has 0 N–H and O–H groups in total. The molecule has 2 aromatic heterocycles. The Morgan fingerprint density at radius 2 is 0.923 bits per heavy atom. The van der Waals surface area contributed by atoms with Crippen LogP contribution in [0.25, 0.3) is 77.2 Å². The van der Waals surface area contributed by atoms with E-state index in [4.69, 9.17) is 0 Å². The lowest BCUT2D eigenvalue weighted by molar-refractivity contribution is 1.18. The number of nitrogens with zero attached hydrogens (tertiary/aromatic N) is 6. The summed E-state index contributed by atoms with van der Waals surface area (Å²) in [4.78, 5) is 0. The SMILES string of the molecule is N#Cc1cc(C#N)c(-c2ccc(-n3c4ccccc4c4ccccc43)cc2)c(-c2ccccc2-n2c3ccc(C#N)cc3c3cc(C#N)ccc32)c1. The van der Waals surface area contributed by atoms with Gasteiger partial charge in [0.1, 0.15) is 0 Å². The molecule has 238 valence electrons. The highest BCUT2D eigenvalue weighted by molar-refractivity contribution is 6.11. The topological polar surface area (TPSA) is 105 Å². The zero-order valence-electron chi connectivity index (χ0n) is 27.5. The molecule has 2 heterocycles. The molecule has 6 heteroatoms. The molecule has 9 aromatic rings. The summed E-state index contributed by atoms with van der Waals surface area (Å²) in [6.45, 7) is 0. The Hall–Kier alpha value is -7.90. The van der Waals surface area contributed by atoms with Gasteiger partial charge < -0.3 is 9.13 Å². The fraction of sp³-hybridized carbons (Fsp3) is 0. The maximum Gasteiger partial charge on any atom is 0.0998 e. The van der Waals surface area contributed by atoms with Crippen LogP contribution >= 0.6 is 0 Å². The molecule has 52 heavy (non-hydrogen) atoms. The van der Waals surface area contributed by atoms with Crippen LogP contribution in [0.1, 0.15) is 22.3 Å². The predicted molar refractivity (Wildman–Crippen MR) is 205 cm³/mol. The summed E-state index contributed by atoms with van der Waals surface area (Å²) in [6.07, 6.45) is 0. The Balaban J connectivity index is 1.28. The third-order valence-corrected chi connectivity index (χ3v) is 9.84. The summed E-state index contributed by atoms with van der Waals surface area (Å²) in [5.74, 6) is 0. The Morgan fingerprint density at radius 3 is 1.50 bits per heavy atom. The first-order valence-electron chi connectivity index (χ1n) is 16.7. The third kappa shape index (κ3) is 4.54. The molecular formula is C46H24N6. The normalized spacial score (nSPS) is 11.0. The van der Waals surface area contributed by atoms with E-state index < -0.39 is 0 Å². The number of benzene rings is 7. The van der Waals surface area contributed by atoms with Crippen molar-refractivity contribution in [2.75, 3.05) is 0 Å². The maximum atomic E-state index is 10.5. The van der Waals surface area contributed by atoms with Gasteiger partial charge in [0.05, 0.1) is 74.3 Å². The first-order chi connectivity index (χ1) is 25.6. The van der Waals surface area contributed by atoms with E-state index in [-0.39, 0.29) is 0 Å². The second-order valence-corrected chi connectivity index (χ2v) is 12.6. The van der Waals surface area contributed by atoms with Crippen molar-refractivity contribution in [1.29, 1.82) is 21.0 Å². The van der Waals surface area contributed by atoms with Gasteiger partial charge in [0.15, 0.2) is 0 Å². The van der Waals surface area contributed by atoms with Crippen molar-refractivity contribution < 1.29 is 0 Å². The minimum absolute atomic E-state index is 0.381. The number of nitriles is 4. The van der Waals surface area contributed by atoms with E-state index in [1.807, 2.05) is 78.9 Å². The Labute approximate surface area is 298 Å². The molecule has 0 aliphatic carbocycles. The van der Waals surface area contributed by atoms with Gasteiger partial charge in [-0.2, -0.15) is 21.0 Å². The molecule has 0 saturated carbocycles. The number of rotatable bonds is 4. The third-order valence-electron chi connectivity index (χ3n) is 9.84. The Bertz CT molecular complexity index is 2990. The van der Waals surface area contributed by atoms with Crippen molar-refractivity contribution in [2.24, 2.45) is 0 Å². The molecule has 0 unspecified atom stereocenters. The Kier molecular flexibility index (Phi) is 6.91. The standard InChI is InChI=1S/C46H24N6/c47-25-29-13-19-44-38(22-29)39-23-30(26-48)14-20-45(39)52(44)43-12-6-3-9-37(43)40-24-31(27-49)21-33(28-50)46(40)32-15-17-34(18-16-32)51-41-10-4-1-7-35(41)36-8-2-5-11-42(36)51/h1-24H. The van der Waals surface area contributed by atoms with Crippen LogP contribution in [0.15, 0.2) is 146 Å². The summed E-state index contributed by atoms with van der Waals surface area (Å²) in [7, 11) is 0. The van der Waals surface area contributed by atoms with E-state index >= 15 is 0 Å². The second-order valence-electron chi connectivity index (χ2n) is 12.6. The van der Waals surface area contributed by atoms with Crippen LogP contribution in [0.3, 0.4) is 0 Å². The van der Waals surface area contributed by atoms with Crippen LogP contribution in [-0.2, 0) is 0 Å².